The maximum absolute atomic E-state index is 12.6. The van der Waals surface area contributed by atoms with Crippen molar-refractivity contribution in [2.24, 2.45) is 0 Å². The minimum Gasteiger partial charge on any atom is -0.396 e. The number of aromatic nitrogens is 4. The van der Waals surface area contributed by atoms with Crippen molar-refractivity contribution < 1.29 is 4.79 Å². The lowest BCUT2D eigenvalue weighted by molar-refractivity contribution is -0.112. The Morgan fingerprint density at radius 1 is 0.957 bits per heavy atom. The van der Waals surface area contributed by atoms with Crippen LogP contribution in [0.3, 0.4) is 0 Å². The highest BCUT2D eigenvalue weighted by molar-refractivity contribution is 6.13. The van der Waals surface area contributed by atoms with Crippen molar-refractivity contribution in [1.29, 1.82) is 0 Å². The molecule has 2 heterocycles. The summed E-state index contributed by atoms with van der Waals surface area (Å²) < 4.78 is 0. The van der Waals surface area contributed by atoms with Gasteiger partial charge in [0.2, 0.25) is 0 Å². The molecule has 0 bridgehead atoms. The highest BCUT2D eigenvalue weighted by atomic mass is 16.1. The van der Waals surface area contributed by atoms with E-state index < -0.39 is 0 Å². The first-order chi connectivity index (χ1) is 11.1. The topological polar surface area (TPSA) is 121 Å². The predicted molar refractivity (Wildman–Crippen MR) is 87.7 cm³/mol. The minimum atomic E-state index is -0.0188. The second-order valence-corrected chi connectivity index (χ2v) is 5.26. The number of anilines is 2. The van der Waals surface area contributed by atoms with Crippen molar-refractivity contribution >= 4 is 29.3 Å². The lowest BCUT2D eigenvalue weighted by Gasteiger charge is -2.16. The van der Waals surface area contributed by atoms with Gasteiger partial charge in [-0.15, -0.1) is 0 Å². The van der Waals surface area contributed by atoms with E-state index in [1.54, 1.807) is 12.2 Å². The third kappa shape index (κ3) is 3.39. The third-order valence-corrected chi connectivity index (χ3v) is 3.55. The molecule has 0 atom stereocenters. The van der Waals surface area contributed by atoms with Crippen molar-refractivity contribution in [2.45, 2.75) is 19.3 Å². The summed E-state index contributed by atoms with van der Waals surface area (Å²) in [4.78, 5) is 28.8. The van der Waals surface area contributed by atoms with Gasteiger partial charge in [0.25, 0.3) is 0 Å². The summed E-state index contributed by atoms with van der Waals surface area (Å²) in [7, 11) is 0. The normalized spacial score (nSPS) is 18.5. The van der Waals surface area contributed by atoms with Crippen LogP contribution < -0.4 is 11.5 Å². The minimum absolute atomic E-state index is 0.0188. The number of hydrogen-bond acceptors (Lipinski definition) is 7. The largest absolute Gasteiger partial charge is 0.396 e. The standard InChI is InChI=1S/C16H16N6O/c17-12-6-20-15(21-7-12)5-11-3-1-2-10(16(11)23)4-14-13(18)8-19-9-22-14/h4-9H,1-3,17-18H2/b10-4-,11-5-. The van der Waals surface area contributed by atoms with Gasteiger partial charge in [-0.3, -0.25) is 4.79 Å². The highest BCUT2D eigenvalue weighted by Crippen LogP contribution is 2.27. The second kappa shape index (κ2) is 6.35. The molecular weight excluding hydrogens is 292 g/mol. The summed E-state index contributed by atoms with van der Waals surface area (Å²) in [5.74, 6) is 0.458. The van der Waals surface area contributed by atoms with Gasteiger partial charge in [-0.1, -0.05) is 0 Å². The van der Waals surface area contributed by atoms with E-state index in [4.69, 9.17) is 11.5 Å². The van der Waals surface area contributed by atoms with E-state index in [1.807, 2.05) is 0 Å². The maximum atomic E-state index is 12.6. The van der Waals surface area contributed by atoms with Gasteiger partial charge in [0, 0.05) is 11.1 Å². The fraction of sp³-hybridized carbons (Fsp3) is 0.188. The van der Waals surface area contributed by atoms with Crippen LogP contribution >= 0.6 is 0 Å². The van der Waals surface area contributed by atoms with Crippen LogP contribution in [-0.4, -0.2) is 25.7 Å². The molecule has 3 rings (SSSR count). The van der Waals surface area contributed by atoms with Crippen LogP contribution in [0, 0.1) is 0 Å². The van der Waals surface area contributed by atoms with Crippen molar-refractivity contribution in [1.82, 2.24) is 19.9 Å². The Hall–Kier alpha value is -3.09. The van der Waals surface area contributed by atoms with Gasteiger partial charge in [-0.05, 0) is 31.4 Å². The fourth-order valence-corrected chi connectivity index (χ4v) is 2.39. The Kier molecular flexibility index (Phi) is 4.09. The molecule has 0 spiro atoms. The van der Waals surface area contributed by atoms with E-state index in [9.17, 15) is 4.79 Å². The summed E-state index contributed by atoms with van der Waals surface area (Å²) >= 11 is 0. The van der Waals surface area contributed by atoms with Crippen molar-refractivity contribution in [3.63, 3.8) is 0 Å². The van der Waals surface area contributed by atoms with Gasteiger partial charge in [0.1, 0.15) is 6.33 Å². The fourth-order valence-electron chi connectivity index (χ4n) is 2.39. The van der Waals surface area contributed by atoms with Gasteiger partial charge in [0.05, 0.1) is 35.7 Å². The Morgan fingerprint density at radius 3 is 2.35 bits per heavy atom. The van der Waals surface area contributed by atoms with Crippen LogP contribution in [0.15, 0.2) is 36.1 Å². The molecule has 0 aliphatic heterocycles. The molecule has 7 heteroatoms. The first-order valence-corrected chi connectivity index (χ1v) is 7.22. The maximum Gasteiger partial charge on any atom is 0.185 e. The Morgan fingerprint density at radius 2 is 1.65 bits per heavy atom. The first-order valence-electron chi connectivity index (χ1n) is 7.22. The third-order valence-electron chi connectivity index (χ3n) is 3.55. The van der Waals surface area contributed by atoms with E-state index in [0.717, 1.165) is 6.42 Å². The quantitative estimate of drug-likeness (QED) is 0.809. The zero-order chi connectivity index (χ0) is 16.2. The zero-order valence-corrected chi connectivity index (χ0v) is 12.4. The molecule has 2 aromatic heterocycles. The molecule has 1 saturated carbocycles. The van der Waals surface area contributed by atoms with Gasteiger partial charge >= 0.3 is 0 Å². The number of ketones is 1. The molecule has 0 saturated heterocycles. The summed E-state index contributed by atoms with van der Waals surface area (Å²) in [6.07, 6.45) is 11.7. The van der Waals surface area contributed by atoms with Crippen LogP contribution in [-0.2, 0) is 4.79 Å². The molecule has 23 heavy (non-hydrogen) atoms. The van der Waals surface area contributed by atoms with Crippen LogP contribution in [0.4, 0.5) is 11.4 Å². The van der Waals surface area contributed by atoms with E-state index >= 15 is 0 Å². The summed E-state index contributed by atoms with van der Waals surface area (Å²) in [5.41, 5.74) is 14.3. The number of rotatable bonds is 2. The lowest BCUT2D eigenvalue weighted by atomic mass is 9.88. The predicted octanol–water partition coefficient (Wildman–Crippen LogP) is 1.65. The van der Waals surface area contributed by atoms with E-state index in [0.29, 0.717) is 46.9 Å². The second-order valence-electron chi connectivity index (χ2n) is 5.26. The Balaban J connectivity index is 1.89. The molecule has 7 nitrogen and oxygen atoms in total. The smallest absolute Gasteiger partial charge is 0.185 e. The van der Waals surface area contributed by atoms with Crippen LogP contribution in [0.2, 0.25) is 0 Å². The first kappa shape index (κ1) is 14.8. The molecular formula is C16H16N6O. The molecule has 4 N–H and O–H groups in total. The number of nitrogens with zero attached hydrogens (tertiary/aromatic N) is 4. The summed E-state index contributed by atoms with van der Waals surface area (Å²) in [6, 6.07) is 0. The van der Waals surface area contributed by atoms with Crippen molar-refractivity contribution in [3.8, 4) is 0 Å². The van der Waals surface area contributed by atoms with Crippen LogP contribution in [0.5, 0.6) is 0 Å². The average Bonchev–Trinajstić information content (AvgIpc) is 2.55. The average molecular weight is 308 g/mol. The molecule has 1 aliphatic carbocycles. The van der Waals surface area contributed by atoms with E-state index in [-0.39, 0.29) is 5.78 Å². The molecule has 1 fully saturated rings. The Labute approximate surface area is 133 Å². The van der Waals surface area contributed by atoms with Gasteiger partial charge in [0.15, 0.2) is 11.6 Å². The van der Waals surface area contributed by atoms with E-state index in [2.05, 4.69) is 19.9 Å². The Bertz CT molecular complexity index is 794. The van der Waals surface area contributed by atoms with Gasteiger partial charge in [-0.2, -0.15) is 0 Å². The van der Waals surface area contributed by atoms with Crippen molar-refractivity contribution in [3.05, 3.63) is 47.6 Å². The molecule has 2 aromatic rings. The van der Waals surface area contributed by atoms with Gasteiger partial charge < -0.3 is 11.5 Å². The number of nitrogens with two attached hydrogens (primary N) is 2. The summed E-state index contributed by atoms with van der Waals surface area (Å²) in [6.45, 7) is 0. The highest BCUT2D eigenvalue weighted by Gasteiger charge is 2.21. The number of Topliss-reactive ketones (excluding diaryl/α,β-unsaturated/α-hetero) is 1. The number of nitrogen functional groups attached to an aromatic ring is 2. The molecule has 0 aromatic carbocycles. The van der Waals surface area contributed by atoms with Gasteiger partial charge in [-0.25, -0.2) is 19.9 Å². The summed E-state index contributed by atoms with van der Waals surface area (Å²) in [5, 5.41) is 0. The SMILES string of the molecule is Nc1cnc(/C=C2/CCC/C(=C/c3ncncc3N)C2=O)nc1. The van der Waals surface area contributed by atoms with Crippen LogP contribution in [0.25, 0.3) is 12.2 Å². The monoisotopic (exact) mass is 308 g/mol. The lowest BCUT2D eigenvalue weighted by Crippen LogP contribution is -2.13. The van der Waals surface area contributed by atoms with E-state index in [1.165, 1.54) is 24.9 Å². The molecule has 0 unspecified atom stereocenters. The number of carbonyl (C=O) groups is 1. The number of carbonyl (C=O) groups excluding carboxylic acids is 1. The zero-order valence-electron chi connectivity index (χ0n) is 12.4. The molecule has 0 amide bonds. The molecule has 1 aliphatic rings. The molecule has 116 valence electrons. The molecule has 0 radical (unpaired) electrons. The number of hydrogen-bond donors (Lipinski definition) is 2. The number of allylic oxidation sites excluding steroid dienone is 2. The van der Waals surface area contributed by atoms with Crippen LogP contribution in [0.1, 0.15) is 30.8 Å². The van der Waals surface area contributed by atoms with Crippen molar-refractivity contribution in [2.75, 3.05) is 11.5 Å².